The molecule has 8 heteroatoms. The van der Waals surface area contributed by atoms with Crippen LogP contribution in [0.2, 0.25) is 0 Å². The van der Waals surface area contributed by atoms with Gasteiger partial charge in [0.1, 0.15) is 4.83 Å². The average Bonchev–Trinajstić information content (AvgIpc) is 3.39. The maximum absolute atomic E-state index is 13.5. The van der Waals surface area contributed by atoms with E-state index in [4.69, 9.17) is 0 Å². The van der Waals surface area contributed by atoms with Crippen LogP contribution < -0.4 is 10.6 Å². The molecular formula is C30H33N5O2S. The van der Waals surface area contributed by atoms with E-state index in [0.717, 1.165) is 65.2 Å². The maximum atomic E-state index is 13.5. The smallest absolute Gasteiger partial charge is 0.270 e. The van der Waals surface area contributed by atoms with Gasteiger partial charge in [-0.15, -0.1) is 11.3 Å². The van der Waals surface area contributed by atoms with Gasteiger partial charge in [-0.1, -0.05) is 30.7 Å². The summed E-state index contributed by atoms with van der Waals surface area (Å²) in [5.74, 6) is -0.112. The van der Waals surface area contributed by atoms with Crippen molar-refractivity contribution in [1.82, 2.24) is 15.0 Å². The third-order valence-corrected chi connectivity index (χ3v) is 7.88. The molecule has 0 aliphatic carbocycles. The lowest BCUT2D eigenvalue weighted by molar-refractivity contribution is -0.0181. The highest BCUT2D eigenvalue weighted by Crippen LogP contribution is 2.29. The van der Waals surface area contributed by atoms with E-state index in [1.165, 1.54) is 17.8 Å². The Kier molecular flexibility index (Phi) is 8.00. The lowest BCUT2D eigenvalue weighted by Gasteiger charge is -2.37. The van der Waals surface area contributed by atoms with E-state index < -0.39 is 0 Å². The van der Waals surface area contributed by atoms with Gasteiger partial charge in [0.05, 0.1) is 10.4 Å². The number of hydrazine groups is 1. The Balaban J connectivity index is 1.33. The fraction of sp³-hybridized carbons (Fsp3) is 0.300. The fourth-order valence-corrected chi connectivity index (χ4v) is 5.80. The van der Waals surface area contributed by atoms with Gasteiger partial charge in [-0.25, -0.2) is 9.99 Å². The van der Waals surface area contributed by atoms with Gasteiger partial charge >= 0.3 is 0 Å². The van der Waals surface area contributed by atoms with Crippen molar-refractivity contribution in [3.05, 3.63) is 77.3 Å². The Bertz CT molecular complexity index is 1390. The molecule has 0 spiro atoms. The Morgan fingerprint density at radius 1 is 0.974 bits per heavy atom. The highest BCUT2D eigenvalue weighted by Gasteiger charge is 2.25. The second kappa shape index (κ2) is 11.8. The van der Waals surface area contributed by atoms with Crippen LogP contribution in [-0.4, -0.2) is 53.0 Å². The van der Waals surface area contributed by atoms with E-state index >= 15 is 0 Å². The quantitative estimate of drug-likeness (QED) is 0.273. The van der Waals surface area contributed by atoms with Gasteiger partial charge in [-0.3, -0.25) is 14.6 Å². The number of hydrogen-bond acceptors (Lipinski definition) is 6. The molecule has 1 fully saturated rings. The lowest BCUT2D eigenvalue weighted by atomic mass is 10.0. The number of benzene rings is 2. The Labute approximate surface area is 227 Å². The first-order chi connectivity index (χ1) is 18.6. The summed E-state index contributed by atoms with van der Waals surface area (Å²) in [7, 11) is 0. The predicted molar refractivity (Wildman–Crippen MR) is 156 cm³/mol. The minimum Gasteiger partial charge on any atom is -0.385 e. The SMILES string of the molecule is CCNc1cc(-c2ccc(NC(=O)c3cc4cccnc4s3)cc2)ccc1C(=O)N(CC)N1CCCCC1. The number of pyridine rings is 1. The van der Waals surface area contributed by atoms with Crippen LogP contribution in [0.3, 0.4) is 0 Å². The highest BCUT2D eigenvalue weighted by molar-refractivity contribution is 7.20. The van der Waals surface area contributed by atoms with E-state index in [1.807, 2.05) is 79.5 Å². The molecule has 0 atom stereocenters. The van der Waals surface area contributed by atoms with Crippen LogP contribution in [0, 0.1) is 0 Å². The molecule has 0 bridgehead atoms. The number of amides is 2. The molecule has 5 rings (SSSR count). The summed E-state index contributed by atoms with van der Waals surface area (Å²) in [5, 5.41) is 11.4. The summed E-state index contributed by atoms with van der Waals surface area (Å²) >= 11 is 1.38. The number of anilines is 2. The Hall–Kier alpha value is -3.75. The predicted octanol–water partition coefficient (Wildman–Crippen LogP) is 6.51. The van der Waals surface area contributed by atoms with Gasteiger partial charge in [0.25, 0.3) is 11.8 Å². The van der Waals surface area contributed by atoms with Crippen LogP contribution >= 0.6 is 11.3 Å². The molecule has 2 amide bonds. The van der Waals surface area contributed by atoms with Gasteiger partial charge in [0, 0.05) is 49.1 Å². The van der Waals surface area contributed by atoms with Gasteiger partial charge in [-0.05, 0) is 74.2 Å². The van der Waals surface area contributed by atoms with Crippen LogP contribution in [0.1, 0.15) is 53.1 Å². The van der Waals surface area contributed by atoms with E-state index in [-0.39, 0.29) is 11.8 Å². The molecule has 1 aliphatic rings. The summed E-state index contributed by atoms with van der Waals surface area (Å²) < 4.78 is 0. The number of piperidine rings is 1. The summed E-state index contributed by atoms with van der Waals surface area (Å²) in [6.07, 6.45) is 5.21. The van der Waals surface area contributed by atoms with Crippen LogP contribution in [-0.2, 0) is 0 Å². The van der Waals surface area contributed by atoms with Gasteiger partial charge in [0.2, 0.25) is 0 Å². The van der Waals surface area contributed by atoms with Crippen molar-refractivity contribution in [1.29, 1.82) is 0 Å². The zero-order valence-electron chi connectivity index (χ0n) is 21.9. The van der Waals surface area contributed by atoms with E-state index in [2.05, 4.69) is 20.6 Å². The first-order valence-corrected chi connectivity index (χ1v) is 14.1. The Morgan fingerprint density at radius 3 is 2.45 bits per heavy atom. The zero-order valence-corrected chi connectivity index (χ0v) is 22.7. The molecule has 0 radical (unpaired) electrons. The van der Waals surface area contributed by atoms with Crippen molar-refractivity contribution in [2.24, 2.45) is 0 Å². The van der Waals surface area contributed by atoms with Crippen molar-refractivity contribution >= 4 is 44.7 Å². The van der Waals surface area contributed by atoms with E-state index in [9.17, 15) is 9.59 Å². The van der Waals surface area contributed by atoms with Crippen molar-refractivity contribution in [3.63, 3.8) is 0 Å². The second-order valence-corrected chi connectivity index (χ2v) is 10.4. The van der Waals surface area contributed by atoms with Gasteiger partial charge in [-0.2, -0.15) is 0 Å². The number of aromatic nitrogens is 1. The molecule has 1 saturated heterocycles. The van der Waals surface area contributed by atoms with Crippen molar-refractivity contribution in [3.8, 4) is 11.1 Å². The second-order valence-electron chi connectivity index (χ2n) is 9.37. The molecule has 2 aromatic heterocycles. The van der Waals surface area contributed by atoms with Crippen molar-refractivity contribution in [2.75, 3.05) is 36.8 Å². The molecular weight excluding hydrogens is 494 g/mol. The third-order valence-electron chi connectivity index (χ3n) is 6.82. The van der Waals surface area contributed by atoms with Crippen molar-refractivity contribution < 1.29 is 9.59 Å². The maximum Gasteiger partial charge on any atom is 0.270 e. The molecule has 38 heavy (non-hydrogen) atoms. The van der Waals surface area contributed by atoms with Gasteiger partial charge in [0.15, 0.2) is 0 Å². The standard InChI is InChI=1S/C30H33N5O2S/c1-3-31-26-19-22(12-15-25(26)30(37)35(4-2)34-17-6-5-7-18-34)21-10-13-24(14-11-21)33-28(36)27-20-23-9-8-16-32-29(23)38-27/h8-16,19-20,31H,3-7,17-18H2,1-2H3,(H,33,36). The molecule has 196 valence electrons. The molecule has 2 N–H and O–H groups in total. The molecule has 0 saturated carbocycles. The number of nitrogens with zero attached hydrogens (tertiary/aromatic N) is 3. The minimum absolute atomic E-state index is 0.0337. The number of carbonyl (C=O) groups is 2. The molecule has 1 aliphatic heterocycles. The van der Waals surface area contributed by atoms with Crippen LogP contribution in [0.25, 0.3) is 21.3 Å². The number of rotatable bonds is 8. The number of fused-ring (bicyclic) bond motifs is 1. The monoisotopic (exact) mass is 527 g/mol. The summed E-state index contributed by atoms with van der Waals surface area (Å²) in [6, 6.07) is 19.4. The molecule has 7 nitrogen and oxygen atoms in total. The largest absolute Gasteiger partial charge is 0.385 e. The first-order valence-electron chi connectivity index (χ1n) is 13.3. The van der Waals surface area contributed by atoms with E-state index in [1.54, 1.807) is 6.20 Å². The van der Waals surface area contributed by atoms with Crippen LogP contribution in [0.4, 0.5) is 11.4 Å². The highest BCUT2D eigenvalue weighted by atomic mass is 32.1. The number of hydrogen-bond donors (Lipinski definition) is 2. The summed E-state index contributed by atoms with van der Waals surface area (Å²) in [4.78, 5) is 32.1. The van der Waals surface area contributed by atoms with E-state index in [0.29, 0.717) is 17.0 Å². The van der Waals surface area contributed by atoms with Crippen LogP contribution in [0.5, 0.6) is 0 Å². The molecule has 0 unspecified atom stereocenters. The van der Waals surface area contributed by atoms with Crippen molar-refractivity contribution in [2.45, 2.75) is 33.1 Å². The Morgan fingerprint density at radius 2 is 1.74 bits per heavy atom. The zero-order chi connectivity index (χ0) is 26.5. The van der Waals surface area contributed by atoms with Gasteiger partial charge < -0.3 is 10.6 Å². The average molecular weight is 528 g/mol. The lowest BCUT2D eigenvalue weighted by Crippen LogP contribution is -2.48. The molecule has 4 aromatic rings. The number of nitrogens with one attached hydrogen (secondary N) is 2. The molecule has 2 aromatic carbocycles. The number of carbonyl (C=O) groups excluding carboxylic acids is 2. The fourth-order valence-electron chi connectivity index (χ4n) is 4.90. The summed E-state index contributed by atoms with van der Waals surface area (Å²) in [5.41, 5.74) is 4.26. The normalized spacial score (nSPS) is 13.8. The van der Waals surface area contributed by atoms with Crippen LogP contribution in [0.15, 0.2) is 66.9 Å². The minimum atomic E-state index is -0.146. The molecule has 3 heterocycles. The topological polar surface area (TPSA) is 77.6 Å². The first kappa shape index (κ1) is 25.9. The summed E-state index contributed by atoms with van der Waals surface area (Å²) in [6.45, 7) is 7.29. The third kappa shape index (κ3) is 5.56. The number of thiophene rings is 1.